The van der Waals surface area contributed by atoms with Crippen LogP contribution in [-0.4, -0.2) is 33.9 Å². The minimum absolute atomic E-state index is 0.345. The molecule has 7 nitrogen and oxygen atoms in total. The summed E-state index contributed by atoms with van der Waals surface area (Å²) in [7, 11) is 1.58. The largest absolute Gasteiger partial charge is 0.481 e. The van der Waals surface area contributed by atoms with E-state index in [1.165, 1.54) is 0 Å². The number of nitrogens with zero attached hydrogens (tertiary/aromatic N) is 3. The summed E-state index contributed by atoms with van der Waals surface area (Å²) in [6, 6.07) is 9.76. The first-order valence-corrected chi connectivity index (χ1v) is 11.1. The average Bonchev–Trinajstić information content (AvgIpc) is 3.12. The van der Waals surface area contributed by atoms with E-state index >= 15 is 0 Å². The van der Waals surface area contributed by atoms with Crippen LogP contribution >= 0.6 is 11.9 Å². The van der Waals surface area contributed by atoms with Crippen LogP contribution in [0.25, 0.3) is 11.3 Å². The average molecular weight is 440 g/mol. The Morgan fingerprint density at radius 1 is 1.23 bits per heavy atom. The van der Waals surface area contributed by atoms with E-state index in [1.54, 1.807) is 25.3 Å². The molecule has 0 amide bonds. The zero-order chi connectivity index (χ0) is 22.6. The van der Waals surface area contributed by atoms with Crippen molar-refractivity contribution in [2.24, 2.45) is 0 Å². The summed E-state index contributed by atoms with van der Waals surface area (Å²) >= 11 is 1.63. The Morgan fingerprint density at radius 3 is 2.52 bits per heavy atom. The lowest BCUT2D eigenvalue weighted by atomic mass is 10.1. The van der Waals surface area contributed by atoms with Gasteiger partial charge in [0, 0.05) is 35.0 Å². The normalized spacial score (nSPS) is 11.3. The second-order valence-electron chi connectivity index (χ2n) is 8.09. The first-order valence-electron chi connectivity index (χ1n) is 10.1. The first-order chi connectivity index (χ1) is 14.8. The number of pyridine rings is 1. The van der Waals surface area contributed by atoms with E-state index in [0.717, 1.165) is 34.5 Å². The molecule has 0 spiro atoms. The number of aldehydes is 1. The molecule has 0 saturated heterocycles. The lowest BCUT2D eigenvalue weighted by Gasteiger charge is -2.23. The van der Waals surface area contributed by atoms with Crippen molar-refractivity contribution in [2.75, 3.05) is 22.9 Å². The molecule has 0 saturated carbocycles. The lowest BCUT2D eigenvalue weighted by Crippen LogP contribution is -2.25. The van der Waals surface area contributed by atoms with E-state index < -0.39 is 0 Å². The Balaban J connectivity index is 2.09. The zero-order valence-electron chi connectivity index (χ0n) is 18.8. The van der Waals surface area contributed by atoms with E-state index in [-0.39, 0.29) is 5.54 Å². The van der Waals surface area contributed by atoms with Crippen LogP contribution in [0.2, 0.25) is 0 Å². The molecule has 8 heteroatoms. The number of ether oxygens (including phenoxy) is 1. The van der Waals surface area contributed by atoms with Crippen LogP contribution in [0.15, 0.2) is 36.5 Å². The molecule has 0 unspecified atom stereocenters. The number of carbonyl (C=O) groups excluding carboxylic acids is 1. The second kappa shape index (κ2) is 9.43. The highest BCUT2D eigenvalue weighted by Gasteiger charge is 2.26. The van der Waals surface area contributed by atoms with Gasteiger partial charge in [-0.25, -0.2) is 9.67 Å². The third-order valence-electron chi connectivity index (χ3n) is 4.71. The van der Waals surface area contributed by atoms with Gasteiger partial charge in [-0.1, -0.05) is 31.0 Å². The minimum atomic E-state index is -0.345. The molecule has 0 radical (unpaired) electrons. The van der Waals surface area contributed by atoms with E-state index in [0.29, 0.717) is 23.0 Å². The Hall–Kier alpha value is -3.00. The Kier molecular flexibility index (Phi) is 6.90. The number of nitrogens with one attached hydrogen (secondary N) is 2. The van der Waals surface area contributed by atoms with Crippen LogP contribution in [0, 0.1) is 6.92 Å². The summed E-state index contributed by atoms with van der Waals surface area (Å²) in [5.74, 6) is 2.11. The molecular weight excluding hydrogens is 410 g/mol. The fourth-order valence-electron chi connectivity index (χ4n) is 3.09. The van der Waals surface area contributed by atoms with Gasteiger partial charge in [-0.15, -0.1) is 0 Å². The number of anilines is 3. The number of aryl methyl sites for hydroxylation is 1. The summed E-state index contributed by atoms with van der Waals surface area (Å²) in [5, 5.41) is 8.24. The molecule has 2 aromatic heterocycles. The van der Waals surface area contributed by atoms with Gasteiger partial charge in [-0.05, 0) is 45.4 Å². The molecule has 3 rings (SSSR count). The number of methoxy groups -OCH3 is 1. The SMILES string of the molecule is CCSNc1ccc(-c2nn(C(C)(C)C)c(Nc3cc(OC)ncc3C)c2C=O)cc1. The molecule has 2 heterocycles. The van der Waals surface area contributed by atoms with Gasteiger partial charge < -0.3 is 14.8 Å². The molecule has 164 valence electrons. The second-order valence-corrected chi connectivity index (χ2v) is 9.16. The topological polar surface area (TPSA) is 81.1 Å². The number of aromatic nitrogens is 3. The maximum absolute atomic E-state index is 12.2. The van der Waals surface area contributed by atoms with Gasteiger partial charge in [-0.3, -0.25) is 4.79 Å². The summed E-state index contributed by atoms with van der Waals surface area (Å²) in [4.78, 5) is 16.5. The molecule has 2 N–H and O–H groups in total. The van der Waals surface area contributed by atoms with Gasteiger partial charge in [-0.2, -0.15) is 5.10 Å². The maximum Gasteiger partial charge on any atom is 0.215 e. The molecular formula is C23H29N5O2S. The van der Waals surface area contributed by atoms with Crippen LogP contribution in [0.3, 0.4) is 0 Å². The molecule has 0 atom stereocenters. The maximum atomic E-state index is 12.2. The molecule has 0 aliphatic carbocycles. The zero-order valence-corrected chi connectivity index (χ0v) is 19.6. The van der Waals surface area contributed by atoms with Gasteiger partial charge in [0.1, 0.15) is 11.5 Å². The van der Waals surface area contributed by atoms with E-state index in [9.17, 15) is 4.79 Å². The number of rotatable bonds is 8. The van der Waals surface area contributed by atoms with Gasteiger partial charge >= 0.3 is 0 Å². The van der Waals surface area contributed by atoms with Crippen molar-refractivity contribution < 1.29 is 9.53 Å². The fourth-order valence-corrected chi connectivity index (χ4v) is 3.54. The van der Waals surface area contributed by atoms with E-state index in [4.69, 9.17) is 9.84 Å². The van der Waals surface area contributed by atoms with E-state index in [2.05, 4.69) is 42.7 Å². The smallest absolute Gasteiger partial charge is 0.215 e. The lowest BCUT2D eigenvalue weighted by molar-refractivity contribution is 0.112. The molecule has 0 fully saturated rings. The van der Waals surface area contributed by atoms with Gasteiger partial charge in [0.25, 0.3) is 0 Å². The van der Waals surface area contributed by atoms with Gasteiger partial charge in [0.05, 0.1) is 18.2 Å². The highest BCUT2D eigenvalue weighted by molar-refractivity contribution is 8.00. The summed E-state index contributed by atoms with van der Waals surface area (Å²) in [6.07, 6.45) is 2.60. The van der Waals surface area contributed by atoms with Crippen molar-refractivity contribution in [3.63, 3.8) is 0 Å². The third-order valence-corrected chi connectivity index (χ3v) is 5.38. The highest BCUT2D eigenvalue weighted by atomic mass is 32.2. The van der Waals surface area contributed by atoms with Crippen molar-refractivity contribution in [3.8, 4) is 17.1 Å². The van der Waals surface area contributed by atoms with Gasteiger partial charge in [0.2, 0.25) is 5.88 Å². The number of benzene rings is 1. The summed E-state index contributed by atoms with van der Waals surface area (Å²) in [6.45, 7) is 10.2. The van der Waals surface area contributed by atoms with Crippen molar-refractivity contribution in [1.29, 1.82) is 0 Å². The molecule has 3 aromatic rings. The number of carbonyl (C=O) groups is 1. The molecule has 31 heavy (non-hydrogen) atoms. The minimum Gasteiger partial charge on any atom is -0.481 e. The quantitative estimate of drug-likeness (QED) is 0.346. The summed E-state index contributed by atoms with van der Waals surface area (Å²) < 4.78 is 10.4. The molecule has 0 aliphatic rings. The Morgan fingerprint density at radius 2 is 1.94 bits per heavy atom. The standard InChI is InChI=1S/C23H29N5O2S/c1-7-31-27-17-10-8-16(9-11-17)21-18(14-29)22(28(26-21)23(3,4)5)25-19-12-20(30-6)24-13-15(19)2/h8-14,27H,7H2,1-6H3,(H,24,25). The molecule has 1 aromatic carbocycles. The van der Waals surface area contributed by atoms with Crippen LogP contribution in [-0.2, 0) is 5.54 Å². The van der Waals surface area contributed by atoms with Crippen LogP contribution in [0.1, 0.15) is 43.6 Å². The van der Waals surface area contributed by atoms with Gasteiger partial charge in [0.15, 0.2) is 6.29 Å². The van der Waals surface area contributed by atoms with Crippen molar-refractivity contribution >= 4 is 35.4 Å². The van der Waals surface area contributed by atoms with Crippen LogP contribution < -0.4 is 14.8 Å². The van der Waals surface area contributed by atoms with Crippen molar-refractivity contribution in [2.45, 2.75) is 40.2 Å². The number of hydrogen-bond acceptors (Lipinski definition) is 7. The highest BCUT2D eigenvalue weighted by Crippen LogP contribution is 2.35. The third kappa shape index (κ3) is 5.02. The van der Waals surface area contributed by atoms with Crippen LogP contribution in [0.5, 0.6) is 5.88 Å². The predicted molar refractivity (Wildman–Crippen MR) is 129 cm³/mol. The molecule has 0 bridgehead atoms. The van der Waals surface area contributed by atoms with Crippen molar-refractivity contribution in [3.05, 3.63) is 47.7 Å². The van der Waals surface area contributed by atoms with E-state index in [1.807, 2.05) is 41.9 Å². The molecule has 0 aliphatic heterocycles. The van der Waals surface area contributed by atoms with Crippen molar-refractivity contribution in [1.82, 2.24) is 14.8 Å². The summed E-state index contributed by atoms with van der Waals surface area (Å²) in [5.41, 5.74) is 4.44. The van der Waals surface area contributed by atoms with Crippen LogP contribution in [0.4, 0.5) is 17.2 Å². The predicted octanol–water partition coefficient (Wildman–Crippen LogP) is 5.65. The number of hydrogen-bond donors (Lipinski definition) is 2. The Bertz CT molecular complexity index is 1060. The fraction of sp³-hybridized carbons (Fsp3) is 0.348. The Labute approximate surface area is 187 Å². The monoisotopic (exact) mass is 439 g/mol. The first kappa shape index (κ1) is 22.7.